The summed E-state index contributed by atoms with van der Waals surface area (Å²) < 4.78 is 10.0. The van der Waals surface area contributed by atoms with E-state index in [-0.39, 0.29) is 5.76 Å². The van der Waals surface area contributed by atoms with Crippen molar-refractivity contribution < 1.29 is 13.9 Å². The van der Waals surface area contributed by atoms with Crippen molar-refractivity contribution in [3.63, 3.8) is 0 Å². The van der Waals surface area contributed by atoms with Crippen molar-refractivity contribution in [3.8, 4) is 5.75 Å². The maximum Gasteiger partial charge on any atom is 0.379 e. The molecule has 1 aromatic heterocycles. The van der Waals surface area contributed by atoms with E-state index in [1.165, 1.54) is 18.5 Å². The van der Waals surface area contributed by atoms with Gasteiger partial charge >= 0.3 is 5.97 Å². The zero-order chi connectivity index (χ0) is 12.1. The molecule has 0 spiro atoms. The first-order valence-corrected chi connectivity index (χ1v) is 4.88. The second-order valence-corrected chi connectivity index (χ2v) is 3.22. The molecule has 5 heteroatoms. The predicted molar refractivity (Wildman–Crippen MR) is 61.9 cm³/mol. The van der Waals surface area contributed by atoms with Gasteiger partial charge in [-0.15, -0.1) is 0 Å². The quantitative estimate of drug-likeness (QED) is 0.286. The van der Waals surface area contributed by atoms with Crippen molar-refractivity contribution >= 4 is 12.2 Å². The SMILES string of the molecule is NN=Cc1cccc(OC(=O)c2ccco2)c1. The summed E-state index contributed by atoms with van der Waals surface area (Å²) in [5.41, 5.74) is 0.747. The molecule has 2 aromatic rings. The van der Waals surface area contributed by atoms with Crippen molar-refractivity contribution in [3.05, 3.63) is 54.0 Å². The number of hydrazone groups is 1. The molecule has 0 unspecified atom stereocenters. The minimum Gasteiger partial charge on any atom is -0.457 e. The number of nitrogens with zero attached hydrogens (tertiary/aromatic N) is 1. The Morgan fingerprint density at radius 3 is 2.94 bits per heavy atom. The van der Waals surface area contributed by atoms with Gasteiger partial charge in [-0.1, -0.05) is 12.1 Å². The number of rotatable bonds is 3. The number of carbonyl (C=O) groups excluding carboxylic acids is 1. The molecule has 0 aliphatic carbocycles. The first-order chi connectivity index (χ1) is 8.29. The van der Waals surface area contributed by atoms with E-state index in [2.05, 4.69) is 5.10 Å². The second kappa shape index (κ2) is 4.98. The average molecular weight is 230 g/mol. The summed E-state index contributed by atoms with van der Waals surface area (Å²) in [7, 11) is 0. The van der Waals surface area contributed by atoms with E-state index in [9.17, 15) is 4.79 Å². The Morgan fingerprint density at radius 2 is 2.24 bits per heavy atom. The summed E-state index contributed by atoms with van der Waals surface area (Å²) in [6.07, 6.45) is 2.87. The van der Waals surface area contributed by atoms with Gasteiger partial charge in [-0.2, -0.15) is 5.10 Å². The summed E-state index contributed by atoms with van der Waals surface area (Å²) in [5, 5.41) is 3.39. The topological polar surface area (TPSA) is 77.8 Å². The highest BCUT2D eigenvalue weighted by Gasteiger charge is 2.11. The third kappa shape index (κ3) is 2.72. The Bertz CT molecular complexity index is 532. The highest BCUT2D eigenvalue weighted by atomic mass is 16.5. The highest BCUT2D eigenvalue weighted by Crippen LogP contribution is 2.14. The lowest BCUT2D eigenvalue weighted by Crippen LogP contribution is -2.07. The fourth-order valence-corrected chi connectivity index (χ4v) is 1.30. The number of nitrogens with two attached hydrogens (primary N) is 1. The molecule has 17 heavy (non-hydrogen) atoms. The average Bonchev–Trinajstić information content (AvgIpc) is 2.83. The van der Waals surface area contributed by atoms with Gasteiger partial charge in [0.15, 0.2) is 0 Å². The number of furan rings is 1. The zero-order valence-corrected chi connectivity index (χ0v) is 8.87. The van der Waals surface area contributed by atoms with Crippen LogP contribution in [0.15, 0.2) is 52.2 Å². The summed E-state index contributed by atoms with van der Waals surface area (Å²) in [5.74, 6) is 5.05. The van der Waals surface area contributed by atoms with Crippen molar-refractivity contribution in [1.82, 2.24) is 0 Å². The molecule has 0 bridgehead atoms. The van der Waals surface area contributed by atoms with Gasteiger partial charge in [-0.25, -0.2) is 4.79 Å². The van der Waals surface area contributed by atoms with Crippen LogP contribution in [0.4, 0.5) is 0 Å². The van der Waals surface area contributed by atoms with Gasteiger partial charge in [0.05, 0.1) is 12.5 Å². The fraction of sp³-hybridized carbons (Fsp3) is 0. The number of benzene rings is 1. The minimum atomic E-state index is -0.545. The summed E-state index contributed by atoms with van der Waals surface area (Å²) in [6, 6.07) is 10.00. The molecule has 0 radical (unpaired) electrons. The summed E-state index contributed by atoms with van der Waals surface area (Å²) in [6.45, 7) is 0. The van der Waals surface area contributed by atoms with Crippen LogP contribution in [0, 0.1) is 0 Å². The molecular weight excluding hydrogens is 220 g/mol. The number of ether oxygens (including phenoxy) is 1. The van der Waals surface area contributed by atoms with Gasteiger partial charge in [-0.3, -0.25) is 0 Å². The maximum atomic E-state index is 11.6. The van der Waals surface area contributed by atoms with Gasteiger partial charge < -0.3 is 15.0 Å². The van der Waals surface area contributed by atoms with Crippen molar-refractivity contribution in [2.45, 2.75) is 0 Å². The van der Waals surface area contributed by atoms with Crippen LogP contribution in [0.2, 0.25) is 0 Å². The minimum absolute atomic E-state index is 0.155. The Balaban J connectivity index is 2.13. The molecular formula is C12H10N2O3. The fourth-order valence-electron chi connectivity index (χ4n) is 1.30. The van der Waals surface area contributed by atoms with E-state index >= 15 is 0 Å². The van der Waals surface area contributed by atoms with Crippen LogP contribution >= 0.6 is 0 Å². The largest absolute Gasteiger partial charge is 0.457 e. The second-order valence-electron chi connectivity index (χ2n) is 3.22. The molecule has 2 N–H and O–H groups in total. The molecule has 0 saturated carbocycles. The van der Waals surface area contributed by atoms with Gasteiger partial charge in [0.2, 0.25) is 5.76 Å². The van der Waals surface area contributed by atoms with Gasteiger partial charge in [0.1, 0.15) is 5.75 Å². The number of hydrogen-bond acceptors (Lipinski definition) is 5. The molecule has 0 aliphatic rings. The van der Waals surface area contributed by atoms with Crippen LogP contribution in [0.5, 0.6) is 5.75 Å². The van der Waals surface area contributed by atoms with E-state index in [0.29, 0.717) is 5.75 Å². The summed E-state index contributed by atoms with van der Waals surface area (Å²) >= 11 is 0. The molecule has 1 heterocycles. The smallest absolute Gasteiger partial charge is 0.379 e. The lowest BCUT2D eigenvalue weighted by molar-refractivity contribution is 0.0701. The van der Waals surface area contributed by atoms with Crippen LogP contribution in [-0.2, 0) is 0 Å². The van der Waals surface area contributed by atoms with Crippen molar-refractivity contribution in [2.75, 3.05) is 0 Å². The Hall–Kier alpha value is -2.56. The maximum absolute atomic E-state index is 11.6. The van der Waals surface area contributed by atoms with E-state index in [1.807, 2.05) is 0 Å². The Kier molecular flexibility index (Phi) is 3.20. The lowest BCUT2D eigenvalue weighted by Gasteiger charge is -2.02. The third-order valence-corrected chi connectivity index (χ3v) is 2.01. The Labute approximate surface area is 97.5 Å². The number of hydrogen-bond donors (Lipinski definition) is 1. The molecule has 86 valence electrons. The molecule has 0 atom stereocenters. The Morgan fingerprint density at radius 1 is 1.35 bits per heavy atom. The summed E-state index contributed by atoms with van der Waals surface area (Å²) in [4.78, 5) is 11.6. The van der Waals surface area contributed by atoms with Gasteiger partial charge in [0.25, 0.3) is 0 Å². The van der Waals surface area contributed by atoms with Crippen LogP contribution in [-0.4, -0.2) is 12.2 Å². The number of esters is 1. The van der Waals surface area contributed by atoms with E-state index in [1.54, 1.807) is 30.3 Å². The van der Waals surface area contributed by atoms with E-state index in [4.69, 9.17) is 15.0 Å². The zero-order valence-electron chi connectivity index (χ0n) is 8.87. The first kappa shape index (κ1) is 10.9. The van der Waals surface area contributed by atoms with Gasteiger partial charge in [0, 0.05) is 0 Å². The normalized spacial score (nSPS) is 10.6. The van der Waals surface area contributed by atoms with Crippen LogP contribution in [0.3, 0.4) is 0 Å². The van der Waals surface area contributed by atoms with E-state index < -0.39 is 5.97 Å². The highest BCUT2D eigenvalue weighted by molar-refractivity contribution is 5.88. The van der Waals surface area contributed by atoms with E-state index in [0.717, 1.165) is 5.56 Å². The lowest BCUT2D eigenvalue weighted by atomic mass is 10.2. The molecule has 0 fully saturated rings. The monoisotopic (exact) mass is 230 g/mol. The molecule has 0 amide bonds. The van der Waals surface area contributed by atoms with Crippen molar-refractivity contribution in [2.24, 2.45) is 10.9 Å². The number of carbonyl (C=O) groups is 1. The van der Waals surface area contributed by atoms with Gasteiger partial charge in [-0.05, 0) is 29.8 Å². The van der Waals surface area contributed by atoms with Crippen LogP contribution in [0.25, 0.3) is 0 Å². The first-order valence-electron chi connectivity index (χ1n) is 4.88. The molecule has 0 aliphatic heterocycles. The molecule has 0 saturated heterocycles. The third-order valence-electron chi connectivity index (χ3n) is 2.01. The molecule has 1 aromatic carbocycles. The van der Waals surface area contributed by atoms with Crippen molar-refractivity contribution in [1.29, 1.82) is 0 Å². The predicted octanol–water partition coefficient (Wildman–Crippen LogP) is 1.79. The molecule has 2 rings (SSSR count). The van der Waals surface area contributed by atoms with Crippen LogP contribution < -0.4 is 10.6 Å². The molecule has 5 nitrogen and oxygen atoms in total. The standard InChI is InChI=1S/C12H10N2O3/c13-14-8-9-3-1-4-10(7-9)17-12(15)11-5-2-6-16-11/h1-8H,13H2. The van der Waals surface area contributed by atoms with Crippen LogP contribution in [0.1, 0.15) is 16.1 Å².